The van der Waals surface area contributed by atoms with Crippen molar-refractivity contribution in [1.29, 1.82) is 5.26 Å². The fourth-order valence-corrected chi connectivity index (χ4v) is 2.83. The van der Waals surface area contributed by atoms with Crippen molar-refractivity contribution in [3.8, 4) is 6.07 Å². The molecule has 2 rings (SSSR count). The van der Waals surface area contributed by atoms with E-state index in [2.05, 4.69) is 21.2 Å². The summed E-state index contributed by atoms with van der Waals surface area (Å²) in [4.78, 5) is 12.4. The van der Waals surface area contributed by atoms with Crippen LogP contribution in [0.3, 0.4) is 0 Å². The van der Waals surface area contributed by atoms with Gasteiger partial charge in [-0.1, -0.05) is 11.6 Å². The van der Waals surface area contributed by atoms with Gasteiger partial charge in [0.1, 0.15) is 4.88 Å². The summed E-state index contributed by atoms with van der Waals surface area (Å²) >= 11 is 10.5. The van der Waals surface area contributed by atoms with Gasteiger partial charge in [-0.3, -0.25) is 4.79 Å². The minimum atomic E-state index is -0.264. The Balaban J connectivity index is 2.23. The van der Waals surface area contributed by atoms with Gasteiger partial charge in [0.2, 0.25) is 0 Å². The maximum Gasteiger partial charge on any atom is 0.267 e. The first-order valence-electron chi connectivity index (χ1n) is 4.86. The van der Waals surface area contributed by atoms with Crippen LogP contribution in [-0.2, 0) is 0 Å². The zero-order valence-electron chi connectivity index (χ0n) is 8.91. The van der Waals surface area contributed by atoms with E-state index in [1.807, 2.05) is 6.07 Å². The largest absolute Gasteiger partial charge is 0.320 e. The van der Waals surface area contributed by atoms with Crippen molar-refractivity contribution >= 4 is 50.5 Å². The Morgan fingerprint density at radius 2 is 2.22 bits per heavy atom. The van der Waals surface area contributed by atoms with Gasteiger partial charge in [0.25, 0.3) is 5.91 Å². The number of hydrogen-bond donors (Lipinski definition) is 1. The topological polar surface area (TPSA) is 52.9 Å². The Labute approximate surface area is 121 Å². The molecule has 0 fully saturated rings. The number of nitriles is 1. The number of carbonyl (C=O) groups is 1. The molecule has 1 amide bonds. The molecular formula is C12H6BrClN2OS. The number of benzene rings is 1. The highest BCUT2D eigenvalue weighted by molar-refractivity contribution is 9.10. The summed E-state index contributed by atoms with van der Waals surface area (Å²) in [5, 5.41) is 13.7. The molecular weight excluding hydrogens is 336 g/mol. The molecule has 0 spiro atoms. The molecule has 18 heavy (non-hydrogen) atoms. The molecule has 3 nitrogen and oxygen atoms in total. The van der Waals surface area contributed by atoms with Crippen molar-refractivity contribution in [3.05, 3.63) is 49.6 Å². The van der Waals surface area contributed by atoms with Gasteiger partial charge in [0, 0.05) is 4.47 Å². The van der Waals surface area contributed by atoms with Gasteiger partial charge >= 0.3 is 0 Å². The smallest absolute Gasteiger partial charge is 0.267 e. The second kappa shape index (κ2) is 5.53. The molecule has 1 heterocycles. The molecule has 0 saturated carbocycles. The molecule has 0 aliphatic carbocycles. The highest BCUT2D eigenvalue weighted by Gasteiger charge is 2.13. The van der Waals surface area contributed by atoms with Crippen molar-refractivity contribution in [2.45, 2.75) is 0 Å². The number of rotatable bonds is 2. The monoisotopic (exact) mass is 340 g/mol. The molecule has 0 unspecified atom stereocenters. The first kappa shape index (κ1) is 13.1. The van der Waals surface area contributed by atoms with Crippen LogP contribution in [0.1, 0.15) is 15.2 Å². The minimum Gasteiger partial charge on any atom is -0.320 e. The van der Waals surface area contributed by atoms with Crippen LogP contribution >= 0.6 is 38.9 Å². The van der Waals surface area contributed by atoms with E-state index < -0.39 is 0 Å². The molecule has 1 N–H and O–H groups in total. The van der Waals surface area contributed by atoms with Gasteiger partial charge in [-0.25, -0.2) is 0 Å². The number of nitrogens with one attached hydrogen (secondary N) is 1. The average Bonchev–Trinajstić information content (AvgIpc) is 2.78. The summed E-state index contributed by atoms with van der Waals surface area (Å²) in [6.07, 6.45) is 0. The lowest BCUT2D eigenvalue weighted by molar-refractivity contribution is 0.103. The summed E-state index contributed by atoms with van der Waals surface area (Å²) in [6.45, 7) is 0. The normalized spacial score (nSPS) is 9.83. The molecule has 1 aromatic carbocycles. The Hall–Kier alpha value is -1.35. The first-order chi connectivity index (χ1) is 8.61. The predicted octanol–water partition coefficient (Wildman–Crippen LogP) is 4.29. The van der Waals surface area contributed by atoms with E-state index in [1.54, 1.807) is 29.6 Å². The predicted molar refractivity (Wildman–Crippen MR) is 76.1 cm³/mol. The van der Waals surface area contributed by atoms with Crippen LogP contribution in [0.5, 0.6) is 0 Å². The highest BCUT2D eigenvalue weighted by atomic mass is 79.9. The van der Waals surface area contributed by atoms with Crippen LogP contribution in [-0.4, -0.2) is 5.91 Å². The molecule has 0 atom stereocenters. The van der Waals surface area contributed by atoms with Crippen molar-refractivity contribution in [1.82, 2.24) is 0 Å². The molecule has 0 saturated heterocycles. The average molecular weight is 342 g/mol. The van der Waals surface area contributed by atoms with E-state index in [0.717, 1.165) is 0 Å². The Morgan fingerprint density at radius 1 is 1.44 bits per heavy atom. The summed E-state index contributed by atoms with van der Waals surface area (Å²) in [6, 6.07) is 8.65. The maximum atomic E-state index is 11.9. The first-order valence-corrected chi connectivity index (χ1v) is 6.91. The van der Waals surface area contributed by atoms with E-state index in [9.17, 15) is 4.79 Å². The number of nitrogens with zero attached hydrogens (tertiary/aromatic N) is 1. The highest BCUT2D eigenvalue weighted by Crippen LogP contribution is 2.27. The minimum absolute atomic E-state index is 0.264. The van der Waals surface area contributed by atoms with Gasteiger partial charge in [-0.05, 0) is 45.6 Å². The van der Waals surface area contributed by atoms with Crippen LogP contribution in [0.2, 0.25) is 5.02 Å². The SMILES string of the molecule is N#Cc1ccc(NC(=O)c2sccc2Cl)c(Br)c1. The van der Waals surface area contributed by atoms with Crippen molar-refractivity contribution in [2.75, 3.05) is 5.32 Å². The lowest BCUT2D eigenvalue weighted by Crippen LogP contribution is -2.11. The van der Waals surface area contributed by atoms with Gasteiger partial charge in [0.15, 0.2) is 0 Å². The molecule has 0 aliphatic heterocycles. The molecule has 6 heteroatoms. The Morgan fingerprint density at radius 3 is 2.78 bits per heavy atom. The summed E-state index contributed by atoms with van der Waals surface area (Å²) < 4.78 is 0.655. The molecule has 90 valence electrons. The molecule has 0 radical (unpaired) electrons. The van der Waals surface area contributed by atoms with E-state index in [-0.39, 0.29) is 5.91 Å². The number of amides is 1. The second-order valence-corrected chi connectivity index (χ2v) is 5.54. The number of hydrogen-bond acceptors (Lipinski definition) is 3. The van der Waals surface area contributed by atoms with Gasteiger partial charge < -0.3 is 5.32 Å². The number of halogens is 2. The van der Waals surface area contributed by atoms with E-state index >= 15 is 0 Å². The fourth-order valence-electron chi connectivity index (χ4n) is 1.32. The van der Waals surface area contributed by atoms with E-state index in [4.69, 9.17) is 16.9 Å². The summed E-state index contributed by atoms with van der Waals surface area (Å²) in [7, 11) is 0. The maximum absolute atomic E-state index is 11.9. The lowest BCUT2D eigenvalue weighted by atomic mass is 10.2. The Kier molecular flexibility index (Phi) is 4.02. The number of thiophene rings is 1. The van der Waals surface area contributed by atoms with Crippen LogP contribution in [0.15, 0.2) is 34.1 Å². The van der Waals surface area contributed by atoms with Crippen LogP contribution in [0, 0.1) is 11.3 Å². The van der Waals surface area contributed by atoms with Gasteiger partial charge in [-0.2, -0.15) is 5.26 Å². The molecule has 1 aromatic heterocycles. The van der Waals surface area contributed by atoms with Crippen LogP contribution < -0.4 is 5.32 Å². The van der Waals surface area contributed by atoms with Crippen LogP contribution in [0.25, 0.3) is 0 Å². The fraction of sp³-hybridized carbons (Fsp3) is 0. The van der Waals surface area contributed by atoms with Crippen LogP contribution in [0.4, 0.5) is 5.69 Å². The molecule has 2 aromatic rings. The Bertz CT molecular complexity index is 648. The number of carbonyl (C=O) groups excluding carboxylic acids is 1. The third-order valence-electron chi connectivity index (χ3n) is 2.17. The molecule has 0 bridgehead atoms. The third-order valence-corrected chi connectivity index (χ3v) is 4.17. The number of anilines is 1. The van der Waals surface area contributed by atoms with Crippen molar-refractivity contribution in [2.24, 2.45) is 0 Å². The lowest BCUT2D eigenvalue weighted by Gasteiger charge is -2.06. The quantitative estimate of drug-likeness (QED) is 0.886. The van der Waals surface area contributed by atoms with E-state index in [1.165, 1.54) is 11.3 Å². The van der Waals surface area contributed by atoms with Crippen molar-refractivity contribution < 1.29 is 4.79 Å². The second-order valence-electron chi connectivity index (χ2n) is 3.36. The molecule has 0 aliphatic rings. The zero-order valence-corrected chi connectivity index (χ0v) is 12.1. The van der Waals surface area contributed by atoms with Crippen molar-refractivity contribution in [3.63, 3.8) is 0 Å². The zero-order chi connectivity index (χ0) is 13.1. The van der Waals surface area contributed by atoms with Gasteiger partial charge in [0.05, 0.1) is 22.3 Å². The third kappa shape index (κ3) is 2.72. The summed E-state index contributed by atoms with van der Waals surface area (Å²) in [5.41, 5.74) is 1.12. The van der Waals surface area contributed by atoms with Gasteiger partial charge in [-0.15, -0.1) is 11.3 Å². The van der Waals surface area contributed by atoms with E-state index in [0.29, 0.717) is 25.6 Å². The summed E-state index contributed by atoms with van der Waals surface area (Å²) in [5.74, 6) is -0.264. The standard InChI is InChI=1S/C12H6BrClN2OS/c13-8-5-7(6-15)1-2-10(8)16-12(17)11-9(14)3-4-18-11/h1-5H,(H,16,17).